The maximum absolute atomic E-state index is 11.9. The second-order valence-electron chi connectivity index (χ2n) is 15.9. The van der Waals surface area contributed by atoms with Crippen molar-refractivity contribution in [3.05, 3.63) is 95.1 Å². The minimum absolute atomic E-state index is 0.0724. The predicted octanol–water partition coefficient (Wildman–Crippen LogP) is 8.80. The first-order valence-electron chi connectivity index (χ1n) is 16.3. The molecule has 0 saturated heterocycles. The quantitative estimate of drug-likeness (QED) is 0.191. The Morgan fingerprint density at radius 2 is 0.787 bits per heavy atom. The lowest BCUT2D eigenvalue weighted by atomic mass is 9.64. The number of nitrogens with zero attached hydrogens (tertiary/aromatic N) is 6. The Morgan fingerprint density at radius 1 is 0.489 bits per heavy atom. The van der Waals surface area contributed by atoms with Gasteiger partial charge in [0.2, 0.25) is 0 Å². The largest absolute Gasteiger partial charge is 0.505 e. The van der Waals surface area contributed by atoms with Crippen molar-refractivity contribution in [2.24, 2.45) is 10.8 Å². The van der Waals surface area contributed by atoms with Crippen LogP contribution in [-0.2, 0) is 17.3 Å². The second kappa shape index (κ2) is 10.9. The van der Waals surface area contributed by atoms with E-state index in [0.717, 1.165) is 33.2 Å². The maximum Gasteiger partial charge on any atom is 0.146 e. The number of hydrogen-bond donors (Lipinski definition) is 2. The predicted molar refractivity (Wildman–Crippen MR) is 189 cm³/mol. The standard InChI is InChI=1S/C39H46N6O2/c1-36(2,3)38(7,8)26-20-24(34(46)32(22-26)44-40-28-15-11-12-16-29(28)41-44)19-25-21-27(39(9,10)37(4,5)6)23-33(35(25)47)45-42-30-17-13-14-18-31(30)43-45/h11-18,20-23,46-47H,19H2,1-10H3. The maximum atomic E-state index is 11.9. The lowest BCUT2D eigenvalue weighted by molar-refractivity contribution is 0.225. The summed E-state index contributed by atoms with van der Waals surface area (Å²) in [5.41, 5.74) is 6.64. The minimum Gasteiger partial charge on any atom is -0.505 e. The highest BCUT2D eigenvalue weighted by Crippen LogP contribution is 2.46. The van der Waals surface area contributed by atoms with Gasteiger partial charge in [0.05, 0.1) is 0 Å². The number of phenolic OH excluding ortho intramolecular Hbond substituents is 2. The van der Waals surface area contributed by atoms with Crippen LogP contribution in [0.1, 0.15) is 91.5 Å². The van der Waals surface area contributed by atoms with Crippen molar-refractivity contribution in [3.8, 4) is 22.9 Å². The van der Waals surface area contributed by atoms with Gasteiger partial charge in [0, 0.05) is 17.5 Å². The van der Waals surface area contributed by atoms with Crippen LogP contribution in [0.2, 0.25) is 0 Å². The molecular formula is C39H46N6O2. The van der Waals surface area contributed by atoms with Gasteiger partial charge in [-0.1, -0.05) is 106 Å². The van der Waals surface area contributed by atoms with Crippen LogP contribution in [-0.4, -0.2) is 40.2 Å². The molecule has 0 radical (unpaired) electrons. The van der Waals surface area contributed by atoms with Crippen LogP contribution in [0.3, 0.4) is 0 Å². The number of benzene rings is 4. The van der Waals surface area contributed by atoms with Crippen LogP contribution in [0.4, 0.5) is 0 Å². The Hall–Kier alpha value is -4.72. The van der Waals surface area contributed by atoms with Gasteiger partial charge >= 0.3 is 0 Å². The average molecular weight is 631 g/mol. The molecule has 0 bridgehead atoms. The van der Waals surface area contributed by atoms with Crippen LogP contribution in [0.5, 0.6) is 11.5 Å². The first kappa shape index (κ1) is 32.2. The highest BCUT2D eigenvalue weighted by atomic mass is 16.3. The summed E-state index contributed by atoms with van der Waals surface area (Å²) in [7, 11) is 0. The molecule has 0 spiro atoms. The monoisotopic (exact) mass is 630 g/mol. The molecule has 47 heavy (non-hydrogen) atoms. The van der Waals surface area contributed by atoms with Gasteiger partial charge in [-0.2, -0.15) is 0 Å². The number of fused-ring (bicyclic) bond motifs is 2. The number of rotatable bonds is 6. The molecule has 0 fully saturated rings. The minimum atomic E-state index is -0.279. The molecular weight excluding hydrogens is 584 g/mol. The van der Waals surface area contributed by atoms with E-state index in [-0.39, 0.29) is 39.6 Å². The molecule has 2 heterocycles. The fourth-order valence-corrected chi connectivity index (χ4v) is 5.66. The third kappa shape index (κ3) is 5.53. The van der Waals surface area contributed by atoms with Crippen molar-refractivity contribution in [2.75, 3.05) is 0 Å². The van der Waals surface area contributed by atoms with Gasteiger partial charge in [0.25, 0.3) is 0 Å². The summed E-state index contributed by atoms with van der Waals surface area (Å²) < 4.78 is 0. The Labute approximate surface area is 277 Å². The van der Waals surface area contributed by atoms with E-state index < -0.39 is 0 Å². The van der Waals surface area contributed by atoms with Crippen LogP contribution < -0.4 is 0 Å². The van der Waals surface area contributed by atoms with Crippen LogP contribution >= 0.6 is 0 Å². The van der Waals surface area contributed by atoms with Crippen molar-refractivity contribution < 1.29 is 10.2 Å². The van der Waals surface area contributed by atoms with E-state index in [1.54, 1.807) is 0 Å². The van der Waals surface area contributed by atoms with E-state index >= 15 is 0 Å². The zero-order valence-electron chi connectivity index (χ0n) is 29.2. The third-order valence-corrected chi connectivity index (χ3v) is 10.9. The van der Waals surface area contributed by atoms with Crippen LogP contribution in [0.15, 0.2) is 72.8 Å². The zero-order chi connectivity index (χ0) is 34.1. The number of aromatic nitrogens is 6. The molecule has 8 nitrogen and oxygen atoms in total. The molecule has 0 atom stereocenters. The van der Waals surface area contributed by atoms with Crippen LogP contribution in [0.25, 0.3) is 33.4 Å². The second-order valence-corrected chi connectivity index (χ2v) is 15.9. The summed E-state index contributed by atoms with van der Waals surface area (Å²) in [5, 5.41) is 42.8. The first-order chi connectivity index (χ1) is 21.9. The van der Waals surface area contributed by atoms with E-state index in [4.69, 9.17) is 20.4 Å². The summed E-state index contributed by atoms with van der Waals surface area (Å²) in [6, 6.07) is 23.5. The highest BCUT2D eigenvalue weighted by Gasteiger charge is 2.37. The average Bonchev–Trinajstić information content (AvgIpc) is 3.62. The Morgan fingerprint density at radius 3 is 1.06 bits per heavy atom. The molecule has 2 aromatic heterocycles. The lowest BCUT2D eigenvalue weighted by Gasteiger charge is -2.40. The summed E-state index contributed by atoms with van der Waals surface area (Å²) in [6.07, 6.45) is 0.265. The molecule has 8 heteroatoms. The Balaban J connectivity index is 1.58. The normalized spacial score (nSPS) is 13.1. The van der Waals surface area contributed by atoms with E-state index in [2.05, 4.69) is 81.4 Å². The summed E-state index contributed by atoms with van der Waals surface area (Å²) in [4.78, 5) is 3.05. The van der Waals surface area contributed by atoms with Gasteiger partial charge in [-0.25, -0.2) is 0 Å². The van der Waals surface area contributed by atoms with E-state index in [0.29, 0.717) is 22.5 Å². The zero-order valence-corrected chi connectivity index (χ0v) is 29.2. The van der Waals surface area contributed by atoms with Gasteiger partial charge in [-0.15, -0.1) is 30.0 Å². The van der Waals surface area contributed by atoms with Crippen molar-refractivity contribution in [2.45, 2.75) is 86.5 Å². The summed E-state index contributed by atoms with van der Waals surface area (Å²) in [5.74, 6) is 0.145. The molecule has 2 N–H and O–H groups in total. The molecule has 0 aliphatic carbocycles. The molecule has 0 saturated carbocycles. The first-order valence-corrected chi connectivity index (χ1v) is 16.3. The van der Waals surface area contributed by atoms with Gasteiger partial charge in [0.15, 0.2) is 0 Å². The Bertz CT molecular complexity index is 1900. The lowest BCUT2D eigenvalue weighted by Crippen LogP contribution is -2.34. The smallest absolute Gasteiger partial charge is 0.146 e. The van der Waals surface area contributed by atoms with Crippen molar-refractivity contribution in [3.63, 3.8) is 0 Å². The van der Waals surface area contributed by atoms with Crippen molar-refractivity contribution in [1.29, 1.82) is 0 Å². The molecule has 244 valence electrons. The molecule has 0 aliphatic heterocycles. The van der Waals surface area contributed by atoms with Crippen molar-refractivity contribution in [1.82, 2.24) is 30.0 Å². The van der Waals surface area contributed by atoms with Gasteiger partial charge in [-0.05, 0) is 69.2 Å². The third-order valence-electron chi connectivity index (χ3n) is 10.9. The summed E-state index contributed by atoms with van der Waals surface area (Å²) >= 11 is 0. The number of hydrogen-bond acceptors (Lipinski definition) is 6. The summed E-state index contributed by atoms with van der Waals surface area (Å²) in [6.45, 7) is 22.2. The molecule has 6 aromatic rings. The van der Waals surface area contributed by atoms with E-state index in [9.17, 15) is 10.2 Å². The topological polar surface area (TPSA) is 102 Å². The van der Waals surface area contributed by atoms with E-state index in [1.165, 1.54) is 9.59 Å². The van der Waals surface area contributed by atoms with E-state index in [1.807, 2.05) is 60.7 Å². The highest BCUT2D eigenvalue weighted by molar-refractivity contribution is 5.75. The van der Waals surface area contributed by atoms with Crippen LogP contribution in [0, 0.1) is 10.8 Å². The van der Waals surface area contributed by atoms with Crippen molar-refractivity contribution >= 4 is 22.1 Å². The molecule has 0 amide bonds. The van der Waals surface area contributed by atoms with Gasteiger partial charge in [0.1, 0.15) is 44.9 Å². The van der Waals surface area contributed by atoms with Gasteiger partial charge < -0.3 is 10.2 Å². The molecule has 0 unspecified atom stereocenters. The van der Waals surface area contributed by atoms with Gasteiger partial charge in [-0.3, -0.25) is 0 Å². The fraction of sp³-hybridized carbons (Fsp3) is 0.385. The molecule has 4 aromatic carbocycles. The Kier molecular flexibility index (Phi) is 7.50. The fourth-order valence-electron chi connectivity index (χ4n) is 5.66. The molecule has 6 rings (SSSR count). The number of aromatic hydroxyl groups is 2. The molecule has 0 aliphatic rings. The number of phenols is 2. The SMILES string of the molecule is CC(C)(C)C(C)(C)c1cc(Cc2cc(C(C)(C)C(C)(C)C)cc(-n3nc4ccccc4n3)c2O)c(O)c(-n2nc3ccccc3n2)c1.